The number of aliphatic carboxylic acids is 1. The second kappa shape index (κ2) is 15.9. The van der Waals surface area contributed by atoms with Crippen molar-refractivity contribution in [2.45, 2.75) is 103 Å². The molecule has 15 nitrogen and oxygen atoms in total. The third-order valence-corrected chi connectivity index (χ3v) is 12.5. The Balaban J connectivity index is 1.21. The summed E-state index contributed by atoms with van der Waals surface area (Å²) in [6.07, 6.45) is 2.72. The van der Waals surface area contributed by atoms with E-state index in [1.165, 1.54) is 22.3 Å². The van der Waals surface area contributed by atoms with E-state index in [4.69, 9.17) is 41.0 Å². The lowest BCUT2D eigenvalue weighted by molar-refractivity contribution is -0.146. The molecule has 0 spiro atoms. The third kappa shape index (κ3) is 8.38. The Morgan fingerprint density at radius 2 is 1.86 bits per heavy atom. The number of carbonyl (C=O) groups is 4. The number of carboxylic acid groups (broad SMARTS) is 1. The molecule has 4 aliphatic rings. The number of halogens is 1. The van der Waals surface area contributed by atoms with E-state index in [1.54, 1.807) is 18.2 Å². The van der Waals surface area contributed by atoms with Gasteiger partial charge in [-0.15, -0.1) is 17.9 Å². The summed E-state index contributed by atoms with van der Waals surface area (Å²) in [6, 6.07) is 4.84. The number of alkyl carbamates (subject to hydrolysis) is 1. The highest BCUT2D eigenvalue weighted by atomic mass is 35.5. The zero-order valence-corrected chi connectivity index (χ0v) is 34.6. The van der Waals surface area contributed by atoms with Crippen molar-refractivity contribution in [1.82, 2.24) is 25.5 Å². The first-order chi connectivity index (χ1) is 27.5. The summed E-state index contributed by atoms with van der Waals surface area (Å²) in [7, 11) is 0. The van der Waals surface area contributed by atoms with Gasteiger partial charge in [-0.05, 0) is 68.9 Å². The molecule has 3 aliphatic carbocycles. The average molecular weight is 834 g/mol. The molecule has 3 amide bonds. The lowest BCUT2D eigenvalue weighted by Crippen LogP contribution is -2.59. The Kier molecular flexibility index (Phi) is 11.2. The number of nitrogens with zero attached hydrogens (tertiary/aromatic N) is 4. The fourth-order valence-electron chi connectivity index (χ4n) is 8.11. The largest absolute Gasteiger partial charge is 0.488 e. The minimum Gasteiger partial charge on any atom is -0.488 e. The van der Waals surface area contributed by atoms with Crippen LogP contribution in [0.15, 0.2) is 36.2 Å². The second-order valence-electron chi connectivity index (χ2n) is 17.1. The number of hydrogen-bond donors (Lipinski definition) is 4. The first-order valence-electron chi connectivity index (χ1n) is 19.5. The van der Waals surface area contributed by atoms with Crippen molar-refractivity contribution in [2.24, 2.45) is 23.2 Å². The van der Waals surface area contributed by atoms with Crippen LogP contribution in [0.3, 0.4) is 0 Å². The van der Waals surface area contributed by atoms with Gasteiger partial charge in [-0.25, -0.2) is 19.6 Å². The van der Waals surface area contributed by atoms with Crippen molar-refractivity contribution in [1.29, 1.82) is 5.26 Å². The molecule has 1 aliphatic heterocycles. The molecule has 4 N–H and O–H groups in total. The summed E-state index contributed by atoms with van der Waals surface area (Å²) < 4.78 is 18.0. The van der Waals surface area contributed by atoms with Crippen molar-refractivity contribution >= 4 is 62.8 Å². The number of nitriles is 1. The van der Waals surface area contributed by atoms with Crippen LogP contribution in [-0.2, 0) is 19.1 Å². The monoisotopic (exact) mass is 833 g/mol. The van der Waals surface area contributed by atoms with Crippen molar-refractivity contribution < 1.29 is 38.5 Å². The van der Waals surface area contributed by atoms with Gasteiger partial charge in [0.05, 0.1) is 17.8 Å². The molecule has 3 heterocycles. The Labute approximate surface area is 345 Å². The Morgan fingerprint density at radius 3 is 2.50 bits per heavy atom. The molecule has 0 radical (unpaired) electrons. The number of nitrogens with one attached hydrogen (secondary N) is 3. The van der Waals surface area contributed by atoms with E-state index in [0.29, 0.717) is 45.0 Å². The quantitative estimate of drug-likeness (QED) is 0.135. The Morgan fingerprint density at radius 1 is 1.12 bits per heavy atom. The molecule has 3 aromatic rings. The molecule has 0 bridgehead atoms. The molecule has 8 atom stereocenters. The molecule has 4 fully saturated rings. The molecular weight excluding hydrogens is 786 g/mol. The lowest BCUT2D eigenvalue weighted by Gasteiger charge is -2.35. The van der Waals surface area contributed by atoms with Crippen molar-refractivity contribution in [3.05, 3.63) is 41.3 Å². The molecule has 308 valence electrons. The summed E-state index contributed by atoms with van der Waals surface area (Å²) in [4.78, 5) is 65.4. The van der Waals surface area contributed by atoms with Gasteiger partial charge < -0.3 is 40.2 Å². The molecule has 3 saturated carbocycles. The number of hydrogen-bond acceptors (Lipinski definition) is 12. The normalized spacial score (nSPS) is 26.3. The van der Waals surface area contributed by atoms with Gasteiger partial charge in [0.1, 0.15) is 58.1 Å². The van der Waals surface area contributed by atoms with Crippen LogP contribution in [0.5, 0.6) is 11.5 Å². The zero-order valence-electron chi connectivity index (χ0n) is 33.0. The van der Waals surface area contributed by atoms with Gasteiger partial charge >= 0.3 is 12.1 Å². The Hall–Kier alpha value is -5.14. The molecule has 1 unspecified atom stereocenters. The number of fused-ring (bicyclic) bond motifs is 2. The lowest BCUT2D eigenvalue weighted by atomic mass is 9.85. The number of ether oxygens (including phenoxy) is 3. The van der Waals surface area contributed by atoms with Crippen LogP contribution >= 0.6 is 22.9 Å². The van der Waals surface area contributed by atoms with Gasteiger partial charge in [0.15, 0.2) is 11.7 Å². The first kappa shape index (κ1) is 41.0. The van der Waals surface area contributed by atoms with Crippen LogP contribution in [0.25, 0.3) is 22.3 Å². The smallest absolute Gasteiger partial charge is 0.408 e. The second-order valence-corrected chi connectivity index (χ2v) is 18.3. The number of thiazole rings is 1. The van der Waals surface area contributed by atoms with E-state index >= 15 is 0 Å². The third-order valence-electron chi connectivity index (χ3n) is 11.3. The summed E-state index contributed by atoms with van der Waals surface area (Å²) >= 11 is 8.24. The van der Waals surface area contributed by atoms with E-state index in [0.717, 1.165) is 19.3 Å². The fraction of sp³-hybridized carbons (Fsp3) is 0.537. The van der Waals surface area contributed by atoms with Gasteiger partial charge in [-0.1, -0.05) is 38.4 Å². The van der Waals surface area contributed by atoms with E-state index < -0.39 is 58.9 Å². The predicted octanol–water partition coefficient (Wildman–Crippen LogP) is 6.17. The highest BCUT2D eigenvalue weighted by Crippen LogP contribution is 2.52. The molecule has 1 saturated heterocycles. The maximum atomic E-state index is 14.7. The Bertz CT molecular complexity index is 2170. The van der Waals surface area contributed by atoms with Gasteiger partial charge in [0.25, 0.3) is 0 Å². The van der Waals surface area contributed by atoms with Crippen LogP contribution in [-0.4, -0.2) is 92.9 Å². The standard InChI is InChI=1S/C41H48ClN7O8S/c1-7-23-17-41(23,37(52)53)48-35(50)29-15-25(18-49(29)36(51)34(40(4,5)6)47-39(54)57-24-13-21-12-22(21)14-24)56-31-16-27(28-19-58-38(46-28)44-20(2)3)45-33-26(31)8-9-30(32(33)42)55-11-10-43/h7-9,16,19-25,29,34H,1,11-15,17-18H2,2-6H3,(H,44,46)(H,47,54)(H,48,50)(H,52,53)/t21-,22+,23-,24?,25+,29+,34-,41+/m1/s1. The molecule has 2 aromatic heterocycles. The average Bonchev–Trinajstić information content (AvgIpc) is 3.83. The molecule has 1 aromatic carbocycles. The van der Waals surface area contributed by atoms with Crippen LogP contribution in [0.1, 0.15) is 66.7 Å². The topological polar surface area (TPSA) is 205 Å². The predicted molar refractivity (Wildman–Crippen MR) is 217 cm³/mol. The number of amides is 3. The van der Waals surface area contributed by atoms with Crippen molar-refractivity contribution in [3.63, 3.8) is 0 Å². The number of benzene rings is 1. The zero-order chi connectivity index (χ0) is 41.7. The summed E-state index contributed by atoms with van der Waals surface area (Å²) in [5.74, 6) is -1.14. The van der Waals surface area contributed by atoms with Crippen LogP contribution < -0.4 is 25.4 Å². The number of anilines is 1. The van der Waals surface area contributed by atoms with Gasteiger partial charge in [0, 0.05) is 35.2 Å². The maximum Gasteiger partial charge on any atom is 0.408 e. The van der Waals surface area contributed by atoms with Gasteiger partial charge in [0.2, 0.25) is 11.8 Å². The minimum absolute atomic E-state index is 0.00636. The molecule has 17 heteroatoms. The number of likely N-dealkylation sites (tertiary alicyclic amines) is 1. The number of carboxylic acids is 1. The molecule has 58 heavy (non-hydrogen) atoms. The van der Waals surface area contributed by atoms with E-state index in [1.807, 2.05) is 46.1 Å². The van der Waals surface area contributed by atoms with E-state index in [2.05, 4.69) is 22.5 Å². The van der Waals surface area contributed by atoms with Crippen molar-refractivity contribution in [3.8, 4) is 29.0 Å². The number of aromatic nitrogens is 2. The SMILES string of the molecule is C=C[C@@H]1C[C@@]1(NC(=O)[C@@H]1C[C@H](Oc2cc(-c3csc(NC(C)C)n3)nc3c(Cl)c(OCC#N)ccc23)CN1C(=O)[C@@H](NC(=O)OC1C[C@@H]2C[C@@H]2C1)C(C)(C)C)C(=O)O. The van der Waals surface area contributed by atoms with Gasteiger partial charge in [-0.2, -0.15) is 5.26 Å². The first-order valence-corrected chi connectivity index (χ1v) is 20.7. The highest BCUT2D eigenvalue weighted by molar-refractivity contribution is 7.14. The van der Waals surface area contributed by atoms with Crippen LogP contribution in [0, 0.1) is 34.5 Å². The number of pyridine rings is 1. The van der Waals surface area contributed by atoms with E-state index in [-0.39, 0.29) is 48.9 Å². The van der Waals surface area contributed by atoms with E-state index in [9.17, 15) is 24.3 Å². The van der Waals surface area contributed by atoms with Gasteiger partial charge in [-0.3, -0.25) is 9.59 Å². The molecule has 7 rings (SSSR count). The van der Waals surface area contributed by atoms with Crippen LogP contribution in [0.4, 0.5) is 9.93 Å². The fourth-order valence-corrected chi connectivity index (χ4v) is 9.22. The highest BCUT2D eigenvalue weighted by Gasteiger charge is 2.61. The minimum atomic E-state index is -1.55. The maximum absolute atomic E-state index is 14.7. The summed E-state index contributed by atoms with van der Waals surface area (Å²) in [5, 5.41) is 31.2. The number of rotatable bonds is 14. The summed E-state index contributed by atoms with van der Waals surface area (Å²) in [6.45, 7) is 12.8. The summed E-state index contributed by atoms with van der Waals surface area (Å²) in [5.41, 5.74) is -1.07. The molecular formula is C41H48ClN7O8S. The van der Waals surface area contributed by atoms with Crippen molar-refractivity contribution in [2.75, 3.05) is 18.5 Å². The van der Waals surface area contributed by atoms with Crippen LogP contribution in [0.2, 0.25) is 5.02 Å². The number of carbonyl (C=O) groups excluding carboxylic acids is 3.